The summed E-state index contributed by atoms with van der Waals surface area (Å²) in [6.45, 7) is 0.498. The largest absolute Gasteiger partial charge is 0.416 e. The van der Waals surface area contributed by atoms with Gasteiger partial charge in [-0.3, -0.25) is 4.79 Å². The normalized spacial score (nSPS) is 16.9. The van der Waals surface area contributed by atoms with E-state index in [9.17, 15) is 26.4 Å². The Labute approximate surface area is 195 Å². The van der Waals surface area contributed by atoms with Crippen LogP contribution in [0, 0.1) is 0 Å². The molecule has 3 aromatic rings. The summed E-state index contributed by atoms with van der Waals surface area (Å²) in [7, 11) is -4.03. The number of alkyl halides is 3. The number of halogens is 3. The van der Waals surface area contributed by atoms with Crippen LogP contribution in [-0.4, -0.2) is 20.9 Å². The molecule has 0 bridgehead atoms. The molecule has 34 heavy (non-hydrogen) atoms. The molecule has 1 atom stereocenters. The highest BCUT2D eigenvalue weighted by Crippen LogP contribution is 2.37. The first-order chi connectivity index (χ1) is 16.1. The molecule has 6 nitrogen and oxygen atoms in total. The highest BCUT2D eigenvalue weighted by molar-refractivity contribution is 7.89. The van der Waals surface area contributed by atoms with Crippen molar-refractivity contribution in [1.82, 2.24) is 10.0 Å². The fourth-order valence-corrected chi connectivity index (χ4v) is 4.96. The topological polar surface area (TPSA) is 87.3 Å². The van der Waals surface area contributed by atoms with Crippen molar-refractivity contribution in [3.8, 4) is 0 Å². The molecule has 3 aromatic carbocycles. The number of aryl methyl sites for hydroxylation is 1. The lowest BCUT2D eigenvalue weighted by atomic mass is 10.1. The zero-order valence-corrected chi connectivity index (χ0v) is 18.7. The minimum atomic E-state index is -4.60. The minimum Gasteiger partial charge on any atom is -0.364 e. The van der Waals surface area contributed by atoms with Gasteiger partial charge in [0, 0.05) is 12.1 Å². The van der Waals surface area contributed by atoms with Crippen LogP contribution >= 0.6 is 0 Å². The molecule has 1 heterocycles. The highest BCUT2D eigenvalue weighted by atomic mass is 32.2. The summed E-state index contributed by atoms with van der Waals surface area (Å²) in [6, 6.07) is 18.5. The van der Waals surface area contributed by atoms with Crippen LogP contribution in [0.2, 0.25) is 0 Å². The van der Waals surface area contributed by atoms with Gasteiger partial charge in [-0.05, 0) is 54.3 Å². The maximum absolute atomic E-state index is 13.1. The number of anilines is 1. The Balaban J connectivity index is 1.41. The fraction of sp³-hybridized carbons (Fsp3) is 0.208. The van der Waals surface area contributed by atoms with E-state index in [2.05, 4.69) is 15.4 Å². The molecule has 0 fully saturated rings. The molecule has 1 unspecified atom stereocenters. The second-order valence-corrected chi connectivity index (χ2v) is 9.56. The van der Waals surface area contributed by atoms with Crippen LogP contribution < -0.4 is 15.4 Å². The summed E-state index contributed by atoms with van der Waals surface area (Å²) in [5.74, 6) is -0.267. The molecule has 3 N–H and O–H groups in total. The lowest BCUT2D eigenvalue weighted by Gasteiger charge is -2.29. The predicted molar refractivity (Wildman–Crippen MR) is 122 cm³/mol. The molecule has 178 valence electrons. The van der Waals surface area contributed by atoms with E-state index in [1.807, 2.05) is 30.3 Å². The third-order valence-corrected chi connectivity index (χ3v) is 6.93. The summed E-state index contributed by atoms with van der Waals surface area (Å²) in [5, 5.41) is 5.64. The first kappa shape index (κ1) is 23.8. The van der Waals surface area contributed by atoms with Crippen LogP contribution in [0.25, 0.3) is 0 Å². The van der Waals surface area contributed by atoms with E-state index >= 15 is 0 Å². The number of nitrogens with one attached hydrogen (secondary N) is 3. The Bertz CT molecular complexity index is 1280. The van der Waals surface area contributed by atoms with E-state index in [1.54, 1.807) is 24.3 Å². The second kappa shape index (κ2) is 9.47. The van der Waals surface area contributed by atoms with Gasteiger partial charge in [-0.15, -0.1) is 0 Å². The molecule has 1 aliphatic rings. The standard InChI is InChI=1S/C24H22F3N3O3S/c25-24(26,27)19-12-13-21-20(15-19)29-22(30-34(21,32)33)17-8-10-18(11-9-17)23(31)28-14-4-7-16-5-2-1-3-6-16/h1-3,5-6,8-13,15,22,29-30H,4,7,14H2,(H,28,31). The predicted octanol–water partition coefficient (Wildman–Crippen LogP) is 4.47. The van der Waals surface area contributed by atoms with Crippen molar-refractivity contribution in [2.75, 3.05) is 11.9 Å². The molecule has 4 rings (SSSR count). The van der Waals surface area contributed by atoms with Gasteiger partial charge in [0.15, 0.2) is 0 Å². The molecule has 0 saturated carbocycles. The Hall–Kier alpha value is -3.37. The van der Waals surface area contributed by atoms with Crippen LogP contribution in [-0.2, 0) is 22.6 Å². The van der Waals surface area contributed by atoms with E-state index in [0.29, 0.717) is 17.7 Å². The zero-order chi connectivity index (χ0) is 24.3. The lowest BCUT2D eigenvalue weighted by molar-refractivity contribution is -0.137. The number of rotatable bonds is 6. The number of hydrogen-bond acceptors (Lipinski definition) is 4. The van der Waals surface area contributed by atoms with Gasteiger partial charge in [0.2, 0.25) is 10.0 Å². The number of carbonyl (C=O) groups is 1. The monoisotopic (exact) mass is 489 g/mol. The number of benzene rings is 3. The van der Waals surface area contributed by atoms with E-state index in [0.717, 1.165) is 31.0 Å². The Morgan fingerprint density at radius 2 is 1.68 bits per heavy atom. The maximum Gasteiger partial charge on any atom is 0.416 e. The molecule has 1 aliphatic heterocycles. The Kier molecular flexibility index (Phi) is 6.63. The second-order valence-electron chi connectivity index (χ2n) is 7.87. The number of amides is 1. The molecular weight excluding hydrogens is 467 g/mol. The van der Waals surface area contributed by atoms with Crippen LogP contribution in [0.4, 0.5) is 18.9 Å². The number of carbonyl (C=O) groups excluding carboxylic acids is 1. The molecule has 0 aliphatic carbocycles. The highest BCUT2D eigenvalue weighted by Gasteiger charge is 2.35. The van der Waals surface area contributed by atoms with Crippen molar-refractivity contribution in [2.45, 2.75) is 30.1 Å². The first-order valence-electron chi connectivity index (χ1n) is 10.6. The van der Waals surface area contributed by atoms with E-state index in [1.165, 1.54) is 5.56 Å². The average molecular weight is 490 g/mol. The molecular formula is C24H22F3N3O3S. The van der Waals surface area contributed by atoms with E-state index < -0.39 is 27.9 Å². The number of sulfonamides is 1. The van der Waals surface area contributed by atoms with E-state index in [4.69, 9.17) is 0 Å². The lowest BCUT2D eigenvalue weighted by Crippen LogP contribution is -2.38. The maximum atomic E-state index is 13.1. The van der Waals surface area contributed by atoms with Crippen molar-refractivity contribution in [3.63, 3.8) is 0 Å². The van der Waals surface area contributed by atoms with Crippen molar-refractivity contribution in [1.29, 1.82) is 0 Å². The Morgan fingerprint density at radius 1 is 0.971 bits per heavy atom. The summed E-state index contributed by atoms with van der Waals surface area (Å²) < 4.78 is 66.7. The third-order valence-electron chi connectivity index (χ3n) is 5.45. The molecule has 10 heteroatoms. The van der Waals surface area contributed by atoms with Gasteiger partial charge in [0.05, 0.1) is 11.3 Å². The number of hydrogen-bond donors (Lipinski definition) is 3. The summed E-state index contributed by atoms with van der Waals surface area (Å²) >= 11 is 0. The molecule has 0 saturated heterocycles. The zero-order valence-electron chi connectivity index (χ0n) is 17.9. The average Bonchev–Trinajstić information content (AvgIpc) is 2.81. The van der Waals surface area contributed by atoms with Gasteiger partial charge < -0.3 is 10.6 Å². The van der Waals surface area contributed by atoms with Gasteiger partial charge in [0.25, 0.3) is 5.91 Å². The third kappa shape index (κ3) is 5.40. The quantitative estimate of drug-likeness (QED) is 0.446. The molecule has 0 radical (unpaired) electrons. The summed E-state index contributed by atoms with van der Waals surface area (Å²) in [6.07, 6.45) is -3.97. The smallest absolute Gasteiger partial charge is 0.364 e. The van der Waals surface area contributed by atoms with Gasteiger partial charge in [-0.25, -0.2) is 8.42 Å². The van der Waals surface area contributed by atoms with Crippen LogP contribution in [0.15, 0.2) is 77.7 Å². The fourth-order valence-electron chi connectivity index (χ4n) is 3.68. The Morgan fingerprint density at radius 3 is 2.35 bits per heavy atom. The van der Waals surface area contributed by atoms with E-state index in [-0.39, 0.29) is 16.5 Å². The van der Waals surface area contributed by atoms with Gasteiger partial charge in [-0.1, -0.05) is 42.5 Å². The van der Waals surface area contributed by atoms with Gasteiger partial charge >= 0.3 is 6.18 Å². The first-order valence-corrected chi connectivity index (χ1v) is 12.0. The summed E-state index contributed by atoms with van der Waals surface area (Å²) in [4.78, 5) is 12.1. The van der Waals surface area contributed by atoms with Crippen molar-refractivity contribution in [3.05, 3.63) is 95.1 Å². The van der Waals surface area contributed by atoms with Crippen molar-refractivity contribution in [2.24, 2.45) is 0 Å². The molecule has 0 aromatic heterocycles. The van der Waals surface area contributed by atoms with Gasteiger partial charge in [-0.2, -0.15) is 17.9 Å². The van der Waals surface area contributed by atoms with Crippen LogP contribution in [0.5, 0.6) is 0 Å². The van der Waals surface area contributed by atoms with Crippen LogP contribution in [0.3, 0.4) is 0 Å². The SMILES string of the molecule is O=C(NCCCc1ccccc1)c1ccc(C2Nc3cc(C(F)(F)F)ccc3S(=O)(=O)N2)cc1. The molecule has 1 amide bonds. The summed E-state index contributed by atoms with van der Waals surface area (Å²) in [5.41, 5.74) is 0.939. The molecule has 0 spiro atoms. The van der Waals surface area contributed by atoms with Gasteiger partial charge in [0.1, 0.15) is 11.1 Å². The number of fused-ring (bicyclic) bond motifs is 1. The van der Waals surface area contributed by atoms with Crippen molar-refractivity contribution >= 4 is 21.6 Å². The van der Waals surface area contributed by atoms with Crippen molar-refractivity contribution < 1.29 is 26.4 Å². The minimum absolute atomic E-state index is 0.140. The van der Waals surface area contributed by atoms with Crippen LogP contribution in [0.1, 0.15) is 39.6 Å².